The molecule has 0 radical (unpaired) electrons. The van der Waals surface area contributed by atoms with E-state index in [4.69, 9.17) is 27.8 Å². The van der Waals surface area contributed by atoms with Gasteiger partial charge in [-0.05, 0) is 102 Å². The average Bonchev–Trinajstić information content (AvgIpc) is 4.23. The van der Waals surface area contributed by atoms with Crippen LogP contribution in [-0.2, 0) is 51.2 Å². The van der Waals surface area contributed by atoms with E-state index in [1.807, 2.05) is 0 Å². The molecule has 0 N–H and O–H groups in total. The fourth-order valence-corrected chi connectivity index (χ4v) is 14.9. The van der Waals surface area contributed by atoms with Crippen molar-refractivity contribution in [3.8, 4) is 57.5 Å². The van der Waals surface area contributed by atoms with Crippen molar-refractivity contribution >= 4 is 39.7 Å². The van der Waals surface area contributed by atoms with E-state index in [1.54, 1.807) is 97.5 Å². The number of furan rings is 2. The van der Waals surface area contributed by atoms with E-state index in [-0.39, 0.29) is 36.4 Å². The van der Waals surface area contributed by atoms with Crippen LogP contribution in [0.2, 0.25) is 0 Å². The van der Waals surface area contributed by atoms with Gasteiger partial charge >= 0.3 is 0 Å². The number of sulfonamides is 2. The standard InChI is InChI=1S/2C23H30N4O7S2/c2*1-16(2)36(30,31)26-12-6-8-17(14-26)35(28,29)15-21-24-25-23(20-11-7-13-34-20)27(21)22-18(32-3)9-5-10-19(22)33-4/h2*5,7,9-11,13,16-17H,6,8,12,14-15H2,1-4H3/t2*17-/m10/s1. The van der Waals surface area contributed by atoms with Crippen LogP contribution >= 0.6 is 0 Å². The van der Waals surface area contributed by atoms with Crippen molar-refractivity contribution in [2.45, 2.75) is 85.9 Å². The van der Waals surface area contributed by atoms with Gasteiger partial charge in [-0.15, -0.1) is 20.4 Å². The summed E-state index contributed by atoms with van der Waals surface area (Å²) in [4.78, 5) is 0. The molecule has 392 valence electrons. The van der Waals surface area contributed by atoms with Gasteiger partial charge in [0.05, 0.1) is 62.0 Å². The quantitative estimate of drug-likeness (QED) is 0.105. The summed E-state index contributed by atoms with van der Waals surface area (Å²) in [5.41, 5.74) is 0.855. The predicted molar refractivity (Wildman–Crippen MR) is 267 cm³/mol. The number of piperidine rings is 2. The van der Waals surface area contributed by atoms with Crippen LogP contribution < -0.4 is 18.9 Å². The Morgan fingerprint density at radius 1 is 0.528 bits per heavy atom. The number of methoxy groups -OCH3 is 4. The van der Waals surface area contributed by atoms with Crippen LogP contribution in [0.4, 0.5) is 0 Å². The van der Waals surface area contributed by atoms with Gasteiger partial charge in [-0.25, -0.2) is 42.3 Å². The Bertz CT molecular complexity index is 3000. The first-order valence-corrected chi connectivity index (χ1v) is 29.4. The summed E-state index contributed by atoms with van der Waals surface area (Å²) in [6.45, 7) is 6.81. The molecule has 8 rings (SSSR count). The first-order chi connectivity index (χ1) is 34.2. The lowest BCUT2D eigenvalue weighted by Crippen LogP contribution is -2.47. The molecule has 0 saturated carbocycles. The van der Waals surface area contributed by atoms with Crippen molar-refractivity contribution in [1.82, 2.24) is 38.1 Å². The van der Waals surface area contributed by atoms with E-state index >= 15 is 0 Å². The van der Waals surface area contributed by atoms with Crippen LogP contribution in [0.3, 0.4) is 0 Å². The molecule has 6 heterocycles. The fourth-order valence-electron chi connectivity index (χ4n) is 8.58. The van der Waals surface area contributed by atoms with E-state index in [0.717, 1.165) is 0 Å². The third-order valence-electron chi connectivity index (χ3n) is 12.5. The van der Waals surface area contributed by atoms with E-state index in [2.05, 4.69) is 20.4 Å². The zero-order valence-corrected chi connectivity index (χ0v) is 44.5. The Hall–Kier alpha value is -5.80. The van der Waals surface area contributed by atoms with Crippen molar-refractivity contribution < 1.29 is 61.5 Å². The van der Waals surface area contributed by atoms with Crippen LogP contribution in [0.15, 0.2) is 82.0 Å². The van der Waals surface area contributed by atoms with Gasteiger partial charge in [0.15, 0.2) is 42.8 Å². The number of rotatable bonds is 18. The molecule has 0 amide bonds. The summed E-state index contributed by atoms with van der Waals surface area (Å²) in [5.74, 6) is 2.36. The SMILES string of the molecule is COc1cccc(OC)c1-n1c(CS(=O)(=O)[C@@H]2CCCN(S(=O)(=O)C(C)C)C2)nnc1-c1ccco1.COc1cccc(OC)c1-n1c(CS(=O)(=O)[C@H]2CCCN(S(=O)(=O)C(C)C)C2)nnc1-c1ccco1. The fraction of sp³-hybridized carbons (Fsp3) is 0.478. The molecular formula is C46H60N8O14S4. The minimum Gasteiger partial charge on any atom is -0.494 e. The van der Waals surface area contributed by atoms with E-state index in [9.17, 15) is 33.7 Å². The molecule has 72 heavy (non-hydrogen) atoms. The van der Waals surface area contributed by atoms with Gasteiger partial charge in [0, 0.05) is 26.2 Å². The summed E-state index contributed by atoms with van der Waals surface area (Å²) >= 11 is 0. The molecule has 6 aromatic rings. The lowest BCUT2D eigenvalue weighted by molar-refractivity contribution is 0.342. The van der Waals surface area contributed by atoms with E-state index in [1.165, 1.54) is 49.6 Å². The maximum absolute atomic E-state index is 13.6. The molecule has 0 aliphatic carbocycles. The van der Waals surface area contributed by atoms with Gasteiger partial charge in [-0.3, -0.25) is 9.13 Å². The van der Waals surface area contributed by atoms with Gasteiger partial charge in [0.2, 0.25) is 31.7 Å². The van der Waals surface area contributed by atoms with E-state index < -0.39 is 72.2 Å². The van der Waals surface area contributed by atoms with Gasteiger partial charge in [0.25, 0.3) is 0 Å². The number of hydrogen-bond donors (Lipinski definition) is 0. The molecule has 2 atom stereocenters. The second-order valence-electron chi connectivity index (χ2n) is 17.6. The highest BCUT2D eigenvalue weighted by Crippen LogP contribution is 2.39. The van der Waals surface area contributed by atoms with Crippen LogP contribution in [0.5, 0.6) is 23.0 Å². The van der Waals surface area contributed by atoms with Gasteiger partial charge in [0.1, 0.15) is 45.9 Å². The van der Waals surface area contributed by atoms with Crippen molar-refractivity contribution in [2.24, 2.45) is 0 Å². The Balaban J connectivity index is 0.000000211. The smallest absolute Gasteiger partial charge is 0.216 e. The second kappa shape index (κ2) is 22.1. The highest BCUT2D eigenvalue weighted by Gasteiger charge is 2.40. The Morgan fingerprint density at radius 2 is 0.875 bits per heavy atom. The van der Waals surface area contributed by atoms with Crippen molar-refractivity contribution in [3.63, 3.8) is 0 Å². The number of aromatic nitrogens is 6. The topological polar surface area (TPSA) is 268 Å². The molecule has 4 aromatic heterocycles. The molecule has 2 saturated heterocycles. The lowest BCUT2D eigenvalue weighted by atomic mass is 10.2. The highest BCUT2D eigenvalue weighted by atomic mass is 32.2. The summed E-state index contributed by atoms with van der Waals surface area (Å²) in [6.07, 6.45) is 4.61. The number of benzene rings is 2. The first kappa shape index (κ1) is 54.0. The van der Waals surface area contributed by atoms with Crippen LogP contribution in [-0.4, -0.2) is 147 Å². The molecule has 22 nitrogen and oxygen atoms in total. The molecule has 2 aromatic carbocycles. The summed E-state index contributed by atoms with van der Waals surface area (Å²) in [5, 5.41) is 13.9. The number of nitrogens with zero attached hydrogens (tertiary/aromatic N) is 8. The van der Waals surface area contributed by atoms with Crippen LogP contribution in [0.1, 0.15) is 65.0 Å². The van der Waals surface area contributed by atoms with Crippen LogP contribution in [0.25, 0.3) is 34.5 Å². The molecule has 26 heteroatoms. The molecule has 0 bridgehead atoms. The maximum atomic E-state index is 13.6. The average molecular weight is 1080 g/mol. The molecule has 2 aliphatic rings. The summed E-state index contributed by atoms with van der Waals surface area (Å²) < 4.78 is 144. The Labute approximate surface area is 420 Å². The molecule has 2 fully saturated rings. The number of ether oxygens (including phenoxy) is 4. The number of hydrogen-bond acceptors (Lipinski definition) is 18. The van der Waals surface area contributed by atoms with Crippen molar-refractivity contribution in [1.29, 1.82) is 0 Å². The van der Waals surface area contributed by atoms with Crippen molar-refractivity contribution in [3.05, 3.63) is 84.8 Å². The summed E-state index contributed by atoms with van der Waals surface area (Å²) in [7, 11) is -8.80. The monoisotopic (exact) mass is 1080 g/mol. The third kappa shape index (κ3) is 11.1. The zero-order chi connectivity index (χ0) is 52.2. The lowest BCUT2D eigenvalue weighted by Gasteiger charge is -2.32. The predicted octanol–water partition coefficient (Wildman–Crippen LogP) is 5.32. The van der Waals surface area contributed by atoms with Gasteiger partial charge in [-0.2, -0.15) is 0 Å². The normalized spacial score (nSPS) is 17.4. The first-order valence-electron chi connectivity index (χ1n) is 23.0. The minimum absolute atomic E-state index is 0.0833. The van der Waals surface area contributed by atoms with Crippen LogP contribution in [0, 0.1) is 0 Å². The molecule has 2 aliphatic heterocycles. The van der Waals surface area contributed by atoms with E-state index in [0.29, 0.717) is 84.7 Å². The highest BCUT2D eigenvalue weighted by molar-refractivity contribution is 7.92. The summed E-state index contributed by atoms with van der Waals surface area (Å²) in [6, 6.07) is 17.1. The van der Waals surface area contributed by atoms with Gasteiger partial charge < -0.3 is 27.8 Å². The Kier molecular flexibility index (Phi) is 16.6. The van der Waals surface area contributed by atoms with Crippen molar-refractivity contribution in [2.75, 3.05) is 54.6 Å². The largest absolute Gasteiger partial charge is 0.494 e. The third-order valence-corrected chi connectivity index (χ3v) is 21.1. The Morgan fingerprint density at radius 3 is 1.17 bits per heavy atom. The number of para-hydroxylation sites is 2. The van der Waals surface area contributed by atoms with Gasteiger partial charge in [-0.1, -0.05) is 12.1 Å². The molecular weight excluding hydrogens is 1020 g/mol. The zero-order valence-electron chi connectivity index (χ0n) is 41.2. The maximum Gasteiger partial charge on any atom is 0.216 e. The minimum atomic E-state index is -3.82. The number of sulfone groups is 2. The molecule has 0 spiro atoms. The second-order valence-corrected chi connectivity index (χ2v) is 27.1. The molecule has 0 unspecified atom stereocenters.